The number of rotatable bonds is 4. The molecule has 1 saturated carbocycles. The third-order valence-corrected chi connectivity index (χ3v) is 3.71. The summed E-state index contributed by atoms with van der Waals surface area (Å²) in [5.74, 6) is 0.915. The molecule has 1 fully saturated rings. The zero-order chi connectivity index (χ0) is 12.3. The van der Waals surface area contributed by atoms with E-state index in [1.807, 2.05) is 12.1 Å². The maximum Gasteiger partial charge on any atom is 0.0991 e. The van der Waals surface area contributed by atoms with Crippen LogP contribution in [0.15, 0.2) is 18.2 Å². The van der Waals surface area contributed by atoms with Gasteiger partial charge in [-0.15, -0.1) is 0 Å². The average molecular weight is 228 g/mol. The summed E-state index contributed by atoms with van der Waals surface area (Å²) in [6.45, 7) is 4.29. The van der Waals surface area contributed by atoms with Crippen molar-refractivity contribution in [1.29, 1.82) is 5.26 Å². The number of hydrogen-bond acceptors (Lipinski definition) is 2. The molecule has 17 heavy (non-hydrogen) atoms. The molecule has 0 aliphatic heterocycles. The van der Waals surface area contributed by atoms with Crippen molar-refractivity contribution in [2.45, 2.75) is 32.7 Å². The van der Waals surface area contributed by atoms with Gasteiger partial charge in [-0.25, -0.2) is 0 Å². The van der Waals surface area contributed by atoms with E-state index in [1.165, 1.54) is 36.9 Å². The SMILES string of the molecule is Cc1cc(C#N)ccc1CN(C)CC1CCC1. The first kappa shape index (κ1) is 12.1. The van der Waals surface area contributed by atoms with E-state index in [-0.39, 0.29) is 0 Å². The highest BCUT2D eigenvalue weighted by Crippen LogP contribution is 2.27. The number of aryl methyl sites for hydroxylation is 1. The summed E-state index contributed by atoms with van der Waals surface area (Å²) in [6.07, 6.45) is 4.21. The maximum atomic E-state index is 8.83. The van der Waals surface area contributed by atoms with E-state index in [0.29, 0.717) is 0 Å². The minimum Gasteiger partial charge on any atom is -0.302 e. The first-order chi connectivity index (χ1) is 8.19. The lowest BCUT2D eigenvalue weighted by molar-refractivity contribution is 0.200. The van der Waals surface area contributed by atoms with Crippen LogP contribution >= 0.6 is 0 Å². The molecule has 0 spiro atoms. The van der Waals surface area contributed by atoms with Crippen molar-refractivity contribution in [3.05, 3.63) is 34.9 Å². The Morgan fingerprint density at radius 3 is 2.71 bits per heavy atom. The Morgan fingerprint density at radius 2 is 2.18 bits per heavy atom. The van der Waals surface area contributed by atoms with E-state index in [9.17, 15) is 0 Å². The average Bonchev–Trinajstić information content (AvgIpc) is 2.26. The van der Waals surface area contributed by atoms with Crippen LogP contribution in [0.5, 0.6) is 0 Å². The van der Waals surface area contributed by atoms with Gasteiger partial charge < -0.3 is 4.90 Å². The fraction of sp³-hybridized carbons (Fsp3) is 0.533. The van der Waals surface area contributed by atoms with E-state index < -0.39 is 0 Å². The van der Waals surface area contributed by atoms with Gasteiger partial charge in [0, 0.05) is 13.1 Å². The van der Waals surface area contributed by atoms with Gasteiger partial charge in [0.2, 0.25) is 0 Å². The van der Waals surface area contributed by atoms with Crippen molar-refractivity contribution >= 4 is 0 Å². The van der Waals surface area contributed by atoms with Crippen LogP contribution in [0.25, 0.3) is 0 Å². The Bertz CT molecular complexity index is 427. The molecule has 1 aromatic carbocycles. The fourth-order valence-electron chi connectivity index (χ4n) is 2.41. The Hall–Kier alpha value is -1.33. The zero-order valence-electron chi connectivity index (χ0n) is 10.7. The lowest BCUT2D eigenvalue weighted by Crippen LogP contribution is -2.29. The van der Waals surface area contributed by atoms with E-state index in [1.54, 1.807) is 0 Å². The third kappa shape index (κ3) is 3.08. The van der Waals surface area contributed by atoms with Gasteiger partial charge in [0.25, 0.3) is 0 Å². The highest BCUT2D eigenvalue weighted by molar-refractivity contribution is 5.37. The molecule has 90 valence electrons. The zero-order valence-corrected chi connectivity index (χ0v) is 10.7. The van der Waals surface area contributed by atoms with Crippen LogP contribution in [-0.4, -0.2) is 18.5 Å². The summed E-state index contributed by atoms with van der Waals surface area (Å²) in [4.78, 5) is 2.40. The molecule has 2 rings (SSSR count). The van der Waals surface area contributed by atoms with E-state index in [4.69, 9.17) is 5.26 Å². The minimum absolute atomic E-state index is 0.757. The van der Waals surface area contributed by atoms with Crippen molar-refractivity contribution in [1.82, 2.24) is 4.90 Å². The Kier molecular flexibility index (Phi) is 3.81. The van der Waals surface area contributed by atoms with Crippen molar-refractivity contribution in [2.75, 3.05) is 13.6 Å². The highest BCUT2D eigenvalue weighted by Gasteiger charge is 2.19. The number of hydrogen-bond donors (Lipinski definition) is 0. The van der Waals surface area contributed by atoms with Crippen molar-refractivity contribution < 1.29 is 0 Å². The predicted molar refractivity (Wildman–Crippen MR) is 69.6 cm³/mol. The Labute approximate surface area is 104 Å². The molecule has 0 atom stereocenters. The summed E-state index contributed by atoms with van der Waals surface area (Å²) in [5, 5.41) is 8.83. The molecule has 2 heteroatoms. The molecule has 0 heterocycles. The van der Waals surface area contributed by atoms with Gasteiger partial charge >= 0.3 is 0 Å². The maximum absolute atomic E-state index is 8.83. The molecule has 1 aliphatic rings. The Balaban J connectivity index is 1.95. The van der Waals surface area contributed by atoms with E-state index in [0.717, 1.165) is 18.0 Å². The Morgan fingerprint density at radius 1 is 1.41 bits per heavy atom. The molecule has 2 nitrogen and oxygen atoms in total. The second-order valence-electron chi connectivity index (χ2n) is 5.25. The smallest absolute Gasteiger partial charge is 0.0991 e. The van der Waals surface area contributed by atoms with Gasteiger partial charge in [0.15, 0.2) is 0 Å². The molecule has 1 aromatic rings. The molecule has 0 saturated heterocycles. The van der Waals surface area contributed by atoms with Crippen molar-refractivity contribution in [3.8, 4) is 6.07 Å². The van der Waals surface area contributed by atoms with Crippen LogP contribution < -0.4 is 0 Å². The fourth-order valence-corrected chi connectivity index (χ4v) is 2.41. The first-order valence-corrected chi connectivity index (χ1v) is 6.37. The van der Waals surface area contributed by atoms with Gasteiger partial charge in [-0.05, 0) is 56.0 Å². The van der Waals surface area contributed by atoms with Gasteiger partial charge in [0.05, 0.1) is 11.6 Å². The lowest BCUT2D eigenvalue weighted by atomic mass is 9.85. The van der Waals surface area contributed by atoms with Crippen LogP contribution in [-0.2, 0) is 6.54 Å². The second-order valence-corrected chi connectivity index (χ2v) is 5.25. The van der Waals surface area contributed by atoms with Crippen molar-refractivity contribution in [3.63, 3.8) is 0 Å². The number of benzene rings is 1. The summed E-state index contributed by atoms with van der Waals surface area (Å²) >= 11 is 0. The van der Waals surface area contributed by atoms with Crippen LogP contribution in [0.4, 0.5) is 0 Å². The quantitative estimate of drug-likeness (QED) is 0.791. The van der Waals surface area contributed by atoms with Gasteiger partial charge in [-0.2, -0.15) is 5.26 Å². The summed E-state index contributed by atoms with van der Waals surface area (Å²) in [7, 11) is 2.19. The number of nitrogens with zero attached hydrogens (tertiary/aromatic N) is 2. The first-order valence-electron chi connectivity index (χ1n) is 6.37. The van der Waals surface area contributed by atoms with Crippen LogP contribution in [0.3, 0.4) is 0 Å². The molecule has 0 aromatic heterocycles. The normalized spacial score (nSPS) is 15.6. The van der Waals surface area contributed by atoms with E-state index >= 15 is 0 Å². The van der Waals surface area contributed by atoms with Gasteiger partial charge in [-0.1, -0.05) is 12.5 Å². The van der Waals surface area contributed by atoms with Gasteiger partial charge in [-0.3, -0.25) is 0 Å². The van der Waals surface area contributed by atoms with Crippen LogP contribution in [0.1, 0.15) is 36.0 Å². The molecule has 0 N–H and O–H groups in total. The molecular formula is C15H20N2. The molecule has 1 aliphatic carbocycles. The monoisotopic (exact) mass is 228 g/mol. The molecule has 0 unspecified atom stereocenters. The summed E-state index contributed by atoms with van der Waals surface area (Å²) in [5.41, 5.74) is 3.32. The number of nitriles is 1. The molecular weight excluding hydrogens is 208 g/mol. The van der Waals surface area contributed by atoms with E-state index in [2.05, 4.69) is 31.0 Å². The third-order valence-electron chi connectivity index (χ3n) is 3.71. The standard InChI is InChI=1S/C15H20N2/c1-12-8-14(9-16)6-7-15(12)11-17(2)10-13-4-3-5-13/h6-8,13H,3-5,10-11H2,1-2H3. The predicted octanol–water partition coefficient (Wildman–Crippen LogP) is 3.10. The summed E-state index contributed by atoms with van der Waals surface area (Å²) < 4.78 is 0. The second kappa shape index (κ2) is 5.33. The minimum atomic E-state index is 0.757. The van der Waals surface area contributed by atoms with Crippen molar-refractivity contribution in [2.24, 2.45) is 5.92 Å². The molecule has 0 amide bonds. The van der Waals surface area contributed by atoms with Crippen LogP contribution in [0.2, 0.25) is 0 Å². The van der Waals surface area contributed by atoms with Crippen LogP contribution in [0, 0.1) is 24.2 Å². The highest BCUT2D eigenvalue weighted by atomic mass is 15.1. The lowest BCUT2D eigenvalue weighted by Gasteiger charge is -2.30. The topological polar surface area (TPSA) is 27.0 Å². The molecule has 0 bridgehead atoms. The largest absolute Gasteiger partial charge is 0.302 e. The summed E-state index contributed by atoms with van der Waals surface area (Å²) in [6, 6.07) is 8.17. The molecule has 0 radical (unpaired) electrons. The van der Waals surface area contributed by atoms with Gasteiger partial charge in [0.1, 0.15) is 0 Å².